The van der Waals surface area contributed by atoms with Gasteiger partial charge < -0.3 is 10.1 Å². The van der Waals surface area contributed by atoms with Gasteiger partial charge in [-0.15, -0.1) is 0 Å². The molecule has 1 aliphatic carbocycles. The van der Waals surface area contributed by atoms with Crippen molar-refractivity contribution in [2.75, 3.05) is 7.11 Å². The summed E-state index contributed by atoms with van der Waals surface area (Å²) in [5.41, 5.74) is 0.357. The van der Waals surface area contributed by atoms with E-state index in [4.69, 9.17) is 4.74 Å². The van der Waals surface area contributed by atoms with E-state index in [-0.39, 0.29) is 6.04 Å². The van der Waals surface area contributed by atoms with Crippen molar-refractivity contribution in [3.63, 3.8) is 0 Å². The number of benzene rings is 1. The third-order valence-electron chi connectivity index (χ3n) is 2.53. The second-order valence-electron chi connectivity index (χ2n) is 3.93. The normalized spacial score (nSPS) is 14.2. The van der Waals surface area contributed by atoms with Gasteiger partial charge in [-0.2, -0.15) is 0 Å². The number of amides is 1. The standard InChI is InChI=1S/C12H12BrNO3/c1-17-10-5-2-7(6-9(10)13)11(15)12(16)14-8-3-4-8/h2,5-6,8H,3-4H2,1H3,(H,14,16). The maximum absolute atomic E-state index is 11.8. The summed E-state index contributed by atoms with van der Waals surface area (Å²) in [5.74, 6) is -0.422. The van der Waals surface area contributed by atoms with E-state index in [2.05, 4.69) is 21.2 Å². The van der Waals surface area contributed by atoms with E-state index in [1.807, 2.05) is 0 Å². The van der Waals surface area contributed by atoms with E-state index < -0.39 is 11.7 Å². The minimum absolute atomic E-state index is 0.188. The number of hydrogen-bond donors (Lipinski definition) is 1. The predicted molar refractivity (Wildman–Crippen MR) is 66.2 cm³/mol. The van der Waals surface area contributed by atoms with Crippen LogP contribution in [-0.4, -0.2) is 24.8 Å². The molecule has 4 nitrogen and oxygen atoms in total. The molecule has 1 fully saturated rings. The molecule has 1 aromatic carbocycles. The second kappa shape index (κ2) is 4.87. The van der Waals surface area contributed by atoms with Crippen LogP contribution in [0.4, 0.5) is 0 Å². The van der Waals surface area contributed by atoms with Crippen LogP contribution in [0.15, 0.2) is 22.7 Å². The van der Waals surface area contributed by atoms with Crippen LogP contribution in [0.2, 0.25) is 0 Å². The lowest BCUT2D eigenvalue weighted by molar-refractivity contribution is -0.117. The van der Waals surface area contributed by atoms with Crippen LogP contribution in [0.1, 0.15) is 23.2 Å². The van der Waals surface area contributed by atoms with Crippen molar-refractivity contribution in [1.29, 1.82) is 0 Å². The molecular formula is C12H12BrNO3. The Morgan fingerprint density at radius 2 is 2.12 bits per heavy atom. The number of halogens is 1. The fraction of sp³-hybridized carbons (Fsp3) is 0.333. The monoisotopic (exact) mass is 297 g/mol. The van der Waals surface area contributed by atoms with Crippen molar-refractivity contribution in [2.24, 2.45) is 0 Å². The maximum atomic E-state index is 11.8. The minimum Gasteiger partial charge on any atom is -0.496 e. The Morgan fingerprint density at radius 1 is 1.41 bits per heavy atom. The van der Waals surface area contributed by atoms with Gasteiger partial charge in [0.25, 0.3) is 5.91 Å². The number of ether oxygens (including phenoxy) is 1. The van der Waals surface area contributed by atoms with Gasteiger partial charge in [0.15, 0.2) is 0 Å². The zero-order valence-corrected chi connectivity index (χ0v) is 10.9. The first kappa shape index (κ1) is 12.1. The van der Waals surface area contributed by atoms with E-state index in [1.165, 1.54) is 0 Å². The molecule has 17 heavy (non-hydrogen) atoms. The number of carbonyl (C=O) groups is 2. The number of hydrogen-bond acceptors (Lipinski definition) is 3. The maximum Gasteiger partial charge on any atom is 0.292 e. The fourth-order valence-corrected chi connectivity index (χ4v) is 1.96. The lowest BCUT2D eigenvalue weighted by Crippen LogP contribution is -2.32. The van der Waals surface area contributed by atoms with Crippen LogP contribution in [0.5, 0.6) is 5.75 Å². The quantitative estimate of drug-likeness (QED) is 0.682. The Kier molecular flexibility index (Phi) is 3.47. The predicted octanol–water partition coefficient (Wildman–Crippen LogP) is 1.92. The highest BCUT2D eigenvalue weighted by molar-refractivity contribution is 9.10. The Balaban J connectivity index is 2.12. The first-order valence-electron chi connectivity index (χ1n) is 5.30. The number of methoxy groups -OCH3 is 1. The van der Waals surface area contributed by atoms with E-state index in [0.717, 1.165) is 12.8 Å². The van der Waals surface area contributed by atoms with Crippen LogP contribution in [-0.2, 0) is 4.79 Å². The summed E-state index contributed by atoms with van der Waals surface area (Å²) in [7, 11) is 1.54. The molecule has 0 radical (unpaired) electrons. The number of nitrogens with one attached hydrogen (secondary N) is 1. The zero-order chi connectivity index (χ0) is 12.4. The van der Waals surface area contributed by atoms with Gasteiger partial charge in [-0.05, 0) is 47.0 Å². The van der Waals surface area contributed by atoms with Crippen molar-refractivity contribution in [3.05, 3.63) is 28.2 Å². The third kappa shape index (κ3) is 2.85. The molecule has 1 N–H and O–H groups in total. The van der Waals surface area contributed by atoms with E-state index >= 15 is 0 Å². The molecule has 1 aliphatic rings. The van der Waals surface area contributed by atoms with Crippen molar-refractivity contribution < 1.29 is 14.3 Å². The summed E-state index contributed by atoms with van der Waals surface area (Å²) in [6.45, 7) is 0. The van der Waals surface area contributed by atoms with Gasteiger partial charge in [0.05, 0.1) is 11.6 Å². The molecule has 1 amide bonds. The Labute approximate surface area is 107 Å². The zero-order valence-electron chi connectivity index (χ0n) is 9.33. The summed E-state index contributed by atoms with van der Waals surface area (Å²) in [5, 5.41) is 2.67. The minimum atomic E-state index is -0.537. The molecule has 0 atom stereocenters. The molecule has 0 heterocycles. The molecule has 1 aromatic rings. The Morgan fingerprint density at radius 3 is 2.65 bits per heavy atom. The number of Topliss-reactive ketones (excluding diaryl/α,β-unsaturated/α-hetero) is 1. The molecule has 0 bridgehead atoms. The van der Waals surface area contributed by atoms with Crippen molar-refractivity contribution in [2.45, 2.75) is 18.9 Å². The average molecular weight is 298 g/mol. The van der Waals surface area contributed by atoms with Gasteiger partial charge >= 0.3 is 0 Å². The van der Waals surface area contributed by atoms with Crippen LogP contribution in [0.25, 0.3) is 0 Å². The number of carbonyl (C=O) groups excluding carboxylic acids is 2. The molecule has 0 unspecified atom stereocenters. The first-order valence-corrected chi connectivity index (χ1v) is 6.10. The molecular weight excluding hydrogens is 286 g/mol. The molecule has 2 rings (SSSR count). The van der Waals surface area contributed by atoms with Gasteiger partial charge in [-0.3, -0.25) is 9.59 Å². The SMILES string of the molecule is COc1ccc(C(=O)C(=O)NC2CC2)cc1Br. The topological polar surface area (TPSA) is 55.4 Å². The molecule has 0 saturated heterocycles. The Bertz CT molecular complexity index is 469. The fourth-order valence-electron chi connectivity index (χ4n) is 1.42. The van der Waals surface area contributed by atoms with Gasteiger partial charge in [0, 0.05) is 11.6 Å². The summed E-state index contributed by atoms with van der Waals surface area (Å²) in [6.07, 6.45) is 1.93. The van der Waals surface area contributed by atoms with Crippen LogP contribution in [0, 0.1) is 0 Å². The largest absolute Gasteiger partial charge is 0.496 e. The highest BCUT2D eigenvalue weighted by Gasteiger charge is 2.27. The van der Waals surface area contributed by atoms with E-state index in [9.17, 15) is 9.59 Å². The number of rotatable bonds is 4. The molecule has 5 heteroatoms. The molecule has 0 aromatic heterocycles. The molecule has 0 aliphatic heterocycles. The van der Waals surface area contributed by atoms with Gasteiger partial charge in [0.1, 0.15) is 5.75 Å². The summed E-state index contributed by atoms with van der Waals surface area (Å²) in [4.78, 5) is 23.3. The summed E-state index contributed by atoms with van der Waals surface area (Å²) < 4.78 is 5.71. The van der Waals surface area contributed by atoms with E-state index in [1.54, 1.807) is 25.3 Å². The van der Waals surface area contributed by atoms with Crippen molar-refractivity contribution in [3.8, 4) is 5.75 Å². The van der Waals surface area contributed by atoms with Gasteiger partial charge in [-0.1, -0.05) is 0 Å². The lowest BCUT2D eigenvalue weighted by atomic mass is 10.1. The first-order chi connectivity index (χ1) is 8.11. The van der Waals surface area contributed by atoms with Crippen LogP contribution < -0.4 is 10.1 Å². The van der Waals surface area contributed by atoms with Crippen LogP contribution >= 0.6 is 15.9 Å². The summed E-state index contributed by atoms with van der Waals surface area (Å²) >= 11 is 3.28. The second-order valence-corrected chi connectivity index (χ2v) is 4.78. The smallest absolute Gasteiger partial charge is 0.292 e. The van der Waals surface area contributed by atoms with E-state index in [0.29, 0.717) is 15.8 Å². The molecule has 1 saturated carbocycles. The molecule has 90 valence electrons. The molecule has 0 spiro atoms. The van der Waals surface area contributed by atoms with Crippen LogP contribution in [0.3, 0.4) is 0 Å². The van der Waals surface area contributed by atoms with Crippen molar-refractivity contribution >= 4 is 27.6 Å². The van der Waals surface area contributed by atoms with Gasteiger partial charge in [-0.25, -0.2) is 0 Å². The van der Waals surface area contributed by atoms with Gasteiger partial charge in [0.2, 0.25) is 5.78 Å². The number of ketones is 1. The lowest BCUT2D eigenvalue weighted by Gasteiger charge is -2.06. The third-order valence-corrected chi connectivity index (χ3v) is 3.15. The highest BCUT2D eigenvalue weighted by atomic mass is 79.9. The van der Waals surface area contributed by atoms with Crippen molar-refractivity contribution in [1.82, 2.24) is 5.32 Å². The summed E-state index contributed by atoms with van der Waals surface area (Å²) in [6, 6.07) is 5.02. The Hall–Kier alpha value is -1.36. The highest BCUT2D eigenvalue weighted by Crippen LogP contribution is 2.26. The average Bonchev–Trinajstić information content (AvgIpc) is 3.11.